The van der Waals surface area contributed by atoms with Gasteiger partial charge in [-0.1, -0.05) is 26.3 Å². The number of nitrogens with zero attached hydrogens (tertiary/aromatic N) is 1. The van der Waals surface area contributed by atoms with Crippen molar-refractivity contribution in [1.29, 1.82) is 0 Å². The minimum atomic E-state index is -0.528. The summed E-state index contributed by atoms with van der Waals surface area (Å²) in [6.07, 6.45) is 0. The average Bonchev–Trinajstić information content (AvgIpc) is 2.08. The normalized spacial score (nSPS) is 21.5. The Morgan fingerprint density at radius 2 is 1.73 bits per heavy atom. The van der Waals surface area contributed by atoms with E-state index in [1.54, 1.807) is 11.9 Å². The molecule has 0 saturated carbocycles. The van der Waals surface area contributed by atoms with Crippen molar-refractivity contribution in [2.24, 2.45) is 11.3 Å². The Morgan fingerprint density at radius 1 is 1.27 bits per heavy atom. The number of allylic oxidation sites excluding steroid dienone is 1. The molecular weight excluding hydrogens is 190 g/mol. The number of hydrogen-bond donors (Lipinski definition) is 0. The molecule has 0 aromatic rings. The zero-order valence-electron chi connectivity index (χ0n) is 10.3. The first kappa shape index (κ1) is 12.0. The fourth-order valence-electron chi connectivity index (χ4n) is 1.85. The molecule has 1 fully saturated rings. The van der Waals surface area contributed by atoms with Crippen molar-refractivity contribution in [2.75, 3.05) is 7.05 Å². The summed E-state index contributed by atoms with van der Waals surface area (Å²) in [7, 11) is 1.72. The van der Waals surface area contributed by atoms with Gasteiger partial charge in [0.2, 0.25) is 5.91 Å². The molecule has 1 aliphatic rings. The maximum Gasteiger partial charge on any atom is 0.243 e. The Labute approximate surface area is 91.1 Å². The molecule has 0 radical (unpaired) electrons. The topological polar surface area (TPSA) is 37.4 Å². The van der Waals surface area contributed by atoms with Crippen LogP contribution in [-0.4, -0.2) is 23.6 Å². The van der Waals surface area contributed by atoms with Gasteiger partial charge in [0.1, 0.15) is 5.92 Å². The largest absolute Gasteiger partial charge is 0.317 e. The van der Waals surface area contributed by atoms with Gasteiger partial charge in [-0.25, -0.2) is 0 Å². The molecule has 1 saturated heterocycles. The summed E-state index contributed by atoms with van der Waals surface area (Å²) in [6.45, 7) is 9.42. The van der Waals surface area contributed by atoms with E-state index in [1.165, 1.54) is 0 Å². The van der Waals surface area contributed by atoms with E-state index < -0.39 is 11.3 Å². The van der Waals surface area contributed by atoms with Gasteiger partial charge in [0, 0.05) is 18.2 Å². The monoisotopic (exact) mass is 209 g/mol. The SMILES string of the molecule is CC(C)=C1C(C(=O)C(C)(C)C)C(=O)N1C. The number of carbonyl (C=O) groups is 2. The molecular formula is C12H19NO2. The fraction of sp³-hybridized carbons (Fsp3) is 0.667. The second-order valence-corrected chi connectivity index (χ2v) is 5.33. The van der Waals surface area contributed by atoms with Gasteiger partial charge >= 0.3 is 0 Å². The molecule has 1 aliphatic heterocycles. The van der Waals surface area contributed by atoms with Gasteiger partial charge in [0.15, 0.2) is 5.78 Å². The third-order valence-electron chi connectivity index (χ3n) is 2.73. The van der Waals surface area contributed by atoms with Crippen molar-refractivity contribution < 1.29 is 9.59 Å². The number of carbonyl (C=O) groups excluding carboxylic acids is 2. The molecule has 3 heteroatoms. The fourth-order valence-corrected chi connectivity index (χ4v) is 1.85. The Bertz CT molecular complexity index is 343. The second kappa shape index (κ2) is 3.47. The number of hydrogen-bond acceptors (Lipinski definition) is 2. The van der Waals surface area contributed by atoms with Crippen LogP contribution in [-0.2, 0) is 9.59 Å². The number of rotatable bonds is 1. The first-order valence-electron chi connectivity index (χ1n) is 5.17. The van der Waals surface area contributed by atoms with Gasteiger partial charge in [-0.15, -0.1) is 0 Å². The number of ketones is 1. The van der Waals surface area contributed by atoms with E-state index in [0.29, 0.717) is 0 Å². The van der Waals surface area contributed by atoms with Crippen molar-refractivity contribution in [3.8, 4) is 0 Å². The van der Waals surface area contributed by atoms with Crippen molar-refractivity contribution >= 4 is 11.7 Å². The predicted octanol–water partition coefficient (Wildman–Crippen LogP) is 1.98. The maximum absolute atomic E-state index is 12.0. The summed E-state index contributed by atoms with van der Waals surface area (Å²) in [5.41, 5.74) is 1.46. The molecule has 0 N–H and O–H groups in total. The molecule has 3 nitrogen and oxygen atoms in total. The van der Waals surface area contributed by atoms with Crippen molar-refractivity contribution in [2.45, 2.75) is 34.6 Å². The van der Waals surface area contributed by atoms with Crippen LogP contribution in [0.1, 0.15) is 34.6 Å². The summed E-state index contributed by atoms with van der Waals surface area (Å²) >= 11 is 0. The minimum absolute atomic E-state index is 0.0156. The van der Waals surface area contributed by atoms with Crippen LogP contribution in [0.15, 0.2) is 11.3 Å². The average molecular weight is 209 g/mol. The highest BCUT2D eigenvalue weighted by Gasteiger charge is 2.48. The summed E-state index contributed by atoms with van der Waals surface area (Å²) in [6, 6.07) is 0. The van der Waals surface area contributed by atoms with Crippen molar-refractivity contribution in [3.05, 3.63) is 11.3 Å². The molecule has 1 heterocycles. The van der Waals surface area contributed by atoms with Gasteiger partial charge in [0.05, 0.1) is 0 Å². The summed E-state index contributed by atoms with van der Waals surface area (Å²) in [5.74, 6) is -0.590. The van der Waals surface area contributed by atoms with Crippen LogP contribution < -0.4 is 0 Å². The van der Waals surface area contributed by atoms with Gasteiger partial charge in [-0.2, -0.15) is 0 Å². The molecule has 1 amide bonds. The molecule has 0 spiro atoms. The van der Waals surface area contributed by atoms with E-state index in [1.807, 2.05) is 34.6 Å². The van der Waals surface area contributed by atoms with Gasteiger partial charge < -0.3 is 4.90 Å². The lowest BCUT2D eigenvalue weighted by Gasteiger charge is -2.41. The molecule has 1 atom stereocenters. The van der Waals surface area contributed by atoms with Crippen LogP contribution in [0.2, 0.25) is 0 Å². The molecule has 84 valence electrons. The van der Waals surface area contributed by atoms with Crippen LogP contribution in [0.5, 0.6) is 0 Å². The number of Topliss-reactive ketones (excluding diaryl/α,β-unsaturated/α-hetero) is 1. The highest BCUT2D eigenvalue weighted by molar-refractivity contribution is 6.11. The number of amides is 1. The Morgan fingerprint density at radius 3 is 2.07 bits per heavy atom. The van der Waals surface area contributed by atoms with Crippen molar-refractivity contribution in [1.82, 2.24) is 4.90 Å². The van der Waals surface area contributed by atoms with Gasteiger partial charge in [-0.3, -0.25) is 9.59 Å². The smallest absolute Gasteiger partial charge is 0.243 e. The molecule has 0 aliphatic carbocycles. The molecule has 0 bridgehead atoms. The maximum atomic E-state index is 12.0. The highest BCUT2D eigenvalue weighted by Crippen LogP contribution is 2.36. The quantitative estimate of drug-likeness (QED) is 0.489. The first-order chi connectivity index (χ1) is 6.68. The van der Waals surface area contributed by atoms with Gasteiger partial charge in [-0.05, 0) is 13.8 Å². The van der Waals surface area contributed by atoms with Crippen LogP contribution in [0.3, 0.4) is 0 Å². The lowest BCUT2D eigenvalue weighted by Crippen LogP contribution is -2.54. The van der Waals surface area contributed by atoms with E-state index in [0.717, 1.165) is 11.3 Å². The summed E-state index contributed by atoms with van der Waals surface area (Å²) < 4.78 is 0. The summed E-state index contributed by atoms with van der Waals surface area (Å²) in [4.78, 5) is 25.2. The predicted molar refractivity (Wildman–Crippen MR) is 59.1 cm³/mol. The number of β-lactam (4-membered cyclic amide) rings is 1. The molecule has 15 heavy (non-hydrogen) atoms. The molecule has 1 rings (SSSR count). The molecule has 0 aromatic heterocycles. The zero-order valence-corrected chi connectivity index (χ0v) is 10.3. The van der Waals surface area contributed by atoms with Crippen LogP contribution >= 0.6 is 0 Å². The van der Waals surface area contributed by atoms with E-state index in [-0.39, 0.29) is 11.7 Å². The second-order valence-electron chi connectivity index (χ2n) is 5.33. The van der Waals surface area contributed by atoms with Gasteiger partial charge in [0.25, 0.3) is 0 Å². The van der Waals surface area contributed by atoms with Crippen LogP contribution in [0.25, 0.3) is 0 Å². The minimum Gasteiger partial charge on any atom is -0.317 e. The Kier molecular flexibility index (Phi) is 2.77. The van der Waals surface area contributed by atoms with Crippen molar-refractivity contribution in [3.63, 3.8) is 0 Å². The van der Waals surface area contributed by atoms with E-state index >= 15 is 0 Å². The van der Waals surface area contributed by atoms with Crippen LogP contribution in [0, 0.1) is 11.3 Å². The third kappa shape index (κ3) is 1.83. The third-order valence-corrected chi connectivity index (χ3v) is 2.73. The zero-order chi connectivity index (χ0) is 12.0. The Hall–Kier alpha value is -1.12. The van der Waals surface area contributed by atoms with Crippen LogP contribution in [0.4, 0.5) is 0 Å². The lowest BCUT2D eigenvalue weighted by atomic mass is 9.76. The first-order valence-corrected chi connectivity index (χ1v) is 5.17. The highest BCUT2D eigenvalue weighted by atomic mass is 16.2. The molecule has 1 unspecified atom stereocenters. The Balaban J connectivity index is 3.03. The van der Waals surface area contributed by atoms with E-state index in [9.17, 15) is 9.59 Å². The van der Waals surface area contributed by atoms with E-state index in [2.05, 4.69) is 0 Å². The summed E-state index contributed by atoms with van der Waals surface area (Å²) in [5, 5.41) is 0. The number of likely N-dealkylation sites (tertiary alicyclic amines) is 1. The van der Waals surface area contributed by atoms with E-state index in [4.69, 9.17) is 0 Å². The lowest BCUT2D eigenvalue weighted by molar-refractivity contribution is -0.149. The molecule has 0 aromatic carbocycles. The standard InChI is InChI=1S/C12H19NO2/c1-7(2)9-8(11(15)13(9)6)10(14)12(3,4)5/h8H,1-6H3.